The smallest absolute Gasteiger partial charge is 0.390 e. The number of allylic oxidation sites excluding steroid dienone is 4. The van der Waals surface area contributed by atoms with Gasteiger partial charge in [-0.25, -0.2) is 8.96 Å². The van der Waals surface area contributed by atoms with Crippen molar-refractivity contribution in [3.63, 3.8) is 0 Å². The molecule has 0 amide bonds. The summed E-state index contributed by atoms with van der Waals surface area (Å²) in [6.45, 7) is 2.34. The minimum Gasteiger partial charge on any atom is -0.390 e. The van der Waals surface area contributed by atoms with Crippen molar-refractivity contribution in [2.24, 2.45) is 22.7 Å². The summed E-state index contributed by atoms with van der Waals surface area (Å²) in [5.74, 6) is -2.19. The van der Waals surface area contributed by atoms with E-state index in [1.165, 1.54) is 18.2 Å². The quantitative estimate of drug-likeness (QED) is 0.467. The van der Waals surface area contributed by atoms with Gasteiger partial charge in [0, 0.05) is 16.7 Å². The van der Waals surface area contributed by atoms with Gasteiger partial charge in [-0.15, -0.1) is 0 Å². The SMILES string of the molecule is C[C@]12C=CC(=O)C=C1CC[C@@H]1[C@@H]3CC[C@](O)(C(=O)COP(=O)(O)O)[C@@]3(C)C[C@H](O)[C@@]12F. The van der Waals surface area contributed by atoms with Crippen LogP contribution in [0.25, 0.3) is 0 Å². The van der Waals surface area contributed by atoms with Crippen LogP contribution in [0.1, 0.15) is 46.0 Å². The molecular weight excluding hydrogens is 430 g/mol. The van der Waals surface area contributed by atoms with Crippen LogP contribution in [0.4, 0.5) is 4.39 Å². The molecule has 0 radical (unpaired) electrons. The topological polar surface area (TPSA) is 141 Å². The van der Waals surface area contributed by atoms with Crippen LogP contribution in [0.15, 0.2) is 23.8 Å². The van der Waals surface area contributed by atoms with E-state index < -0.39 is 60.3 Å². The van der Waals surface area contributed by atoms with Crippen molar-refractivity contribution in [1.82, 2.24) is 0 Å². The minimum atomic E-state index is -4.91. The maximum Gasteiger partial charge on any atom is 0.470 e. The summed E-state index contributed by atoms with van der Waals surface area (Å²) in [5, 5.41) is 22.5. The lowest BCUT2D eigenvalue weighted by atomic mass is 9.44. The zero-order valence-corrected chi connectivity index (χ0v) is 18.3. The molecule has 4 N–H and O–H groups in total. The predicted molar refractivity (Wildman–Crippen MR) is 106 cm³/mol. The van der Waals surface area contributed by atoms with E-state index in [1.54, 1.807) is 13.8 Å². The molecule has 10 heteroatoms. The number of hydrogen-bond acceptors (Lipinski definition) is 6. The number of rotatable bonds is 4. The molecule has 0 aromatic carbocycles. The molecule has 0 spiro atoms. The Balaban J connectivity index is 1.70. The number of ketones is 2. The van der Waals surface area contributed by atoms with Crippen LogP contribution >= 0.6 is 7.82 Å². The Hall–Kier alpha value is -1.22. The molecule has 3 saturated carbocycles. The molecule has 0 aromatic heterocycles. The Kier molecular flexibility index (Phi) is 5.10. The first kappa shape index (κ1) is 23.0. The summed E-state index contributed by atoms with van der Waals surface area (Å²) < 4.78 is 32.2. The second kappa shape index (κ2) is 6.89. The molecule has 7 atom stereocenters. The number of alkyl halides is 1. The third-order valence-electron chi connectivity index (χ3n) is 8.62. The number of aliphatic hydroxyl groups excluding tert-OH is 1. The monoisotopic (exact) mass is 458 g/mol. The van der Waals surface area contributed by atoms with Crippen molar-refractivity contribution in [1.29, 1.82) is 0 Å². The fourth-order valence-electron chi connectivity index (χ4n) is 6.94. The number of carbonyl (C=O) groups excluding carboxylic acids is 2. The molecule has 4 aliphatic rings. The van der Waals surface area contributed by atoms with Gasteiger partial charge in [-0.3, -0.25) is 14.1 Å². The van der Waals surface area contributed by atoms with Gasteiger partial charge in [0.2, 0.25) is 0 Å². The van der Waals surface area contributed by atoms with E-state index in [0.717, 1.165) is 0 Å². The molecule has 0 heterocycles. The molecule has 4 rings (SSSR count). The van der Waals surface area contributed by atoms with Crippen LogP contribution < -0.4 is 0 Å². The normalized spacial score (nSPS) is 46.7. The van der Waals surface area contributed by atoms with Crippen molar-refractivity contribution in [2.45, 2.75) is 63.3 Å². The highest BCUT2D eigenvalue weighted by atomic mass is 31.2. The average molecular weight is 458 g/mol. The molecule has 0 bridgehead atoms. The maximum atomic E-state index is 16.9. The molecule has 8 nitrogen and oxygen atoms in total. The highest BCUT2D eigenvalue weighted by Gasteiger charge is 2.74. The van der Waals surface area contributed by atoms with Crippen molar-refractivity contribution in [3.05, 3.63) is 23.8 Å². The summed E-state index contributed by atoms with van der Waals surface area (Å²) in [6, 6.07) is 0. The fourth-order valence-corrected chi connectivity index (χ4v) is 7.22. The fraction of sp³-hybridized carbons (Fsp3) is 0.714. The van der Waals surface area contributed by atoms with Crippen molar-refractivity contribution >= 4 is 19.4 Å². The van der Waals surface area contributed by atoms with E-state index in [-0.39, 0.29) is 18.6 Å². The van der Waals surface area contributed by atoms with Crippen LogP contribution in [0.2, 0.25) is 0 Å². The predicted octanol–water partition coefficient (Wildman–Crippen LogP) is 1.77. The number of halogens is 1. The zero-order chi connectivity index (χ0) is 23.0. The molecule has 0 saturated heterocycles. The summed E-state index contributed by atoms with van der Waals surface area (Å²) in [4.78, 5) is 42.5. The van der Waals surface area contributed by atoms with Crippen molar-refractivity contribution in [3.8, 4) is 0 Å². The first-order valence-corrected chi connectivity index (χ1v) is 12.0. The molecule has 31 heavy (non-hydrogen) atoms. The molecular formula is C21H28FO8P. The van der Waals surface area contributed by atoms with Gasteiger partial charge in [-0.05, 0) is 57.1 Å². The van der Waals surface area contributed by atoms with E-state index in [2.05, 4.69) is 4.52 Å². The van der Waals surface area contributed by atoms with Crippen LogP contribution in [0, 0.1) is 22.7 Å². The number of fused-ring (bicyclic) bond motifs is 5. The van der Waals surface area contributed by atoms with E-state index in [9.17, 15) is 24.4 Å². The van der Waals surface area contributed by atoms with Crippen molar-refractivity contribution in [2.75, 3.05) is 6.61 Å². The van der Waals surface area contributed by atoms with Gasteiger partial charge in [0.1, 0.15) is 12.2 Å². The lowest BCUT2D eigenvalue weighted by Gasteiger charge is -2.62. The Morgan fingerprint density at radius 1 is 1.29 bits per heavy atom. The van der Waals surface area contributed by atoms with Crippen LogP contribution in [0.3, 0.4) is 0 Å². The second-order valence-corrected chi connectivity index (χ2v) is 11.1. The number of carbonyl (C=O) groups is 2. The van der Waals surface area contributed by atoms with Gasteiger partial charge in [-0.2, -0.15) is 0 Å². The number of Topliss-reactive ketones (excluding diaryl/α,β-unsaturated/α-hetero) is 1. The van der Waals surface area contributed by atoms with Crippen LogP contribution in [0.5, 0.6) is 0 Å². The molecule has 3 fully saturated rings. The van der Waals surface area contributed by atoms with Crippen LogP contribution in [-0.4, -0.2) is 55.5 Å². The number of phosphoric ester groups is 1. The Morgan fingerprint density at radius 2 is 1.97 bits per heavy atom. The lowest BCUT2D eigenvalue weighted by Crippen LogP contribution is -2.69. The number of hydrogen-bond donors (Lipinski definition) is 4. The minimum absolute atomic E-state index is 0.00937. The Bertz CT molecular complexity index is 942. The molecule has 0 aliphatic heterocycles. The van der Waals surface area contributed by atoms with Gasteiger partial charge in [0.05, 0.1) is 6.10 Å². The highest BCUT2D eigenvalue weighted by molar-refractivity contribution is 7.46. The second-order valence-electron chi connectivity index (χ2n) is 9.85. The van der Waals surface area contributed by atoms with Gasteiger partial charge in [0.15, 0.2) is 17.2 Å². The number of phosphoric acid groups is 1. The summed E-state index contributed by atoms with van der Waals surface area (Å²) >= 11 is 0. The Morgan fingerprint density at radius 3 is 2.61 bits per heavy atom. The van der Waals surface area contributed by atoms with Gasteiger partial charge < -0.3 is 20.0 Å². The summed E-state index contributed by atoms with van der Waals surface area (Å²) in [5.41, 5.74) is -5.78. The van der Waals surface area contributed by atoms with Gasteiger partial charge in [0.25, 0.3) is 0 Å². The first-order chi connectivity index (χ1) is 14.2. The van der Waals surface area contributed by atoms with E-state index in [1.807, 2.05) is 0 Å². The van der Waals surface area contributed by atoms with Gasteiger partial charge in [-0.1, -0.05) is 18.6 Å². The third kappa shape index (κ3) is 3.01. The highest BCUT2D eigenvalue weighted by Crippen LogP contribution is 2.69. The van der Waals surface area contributed by atoms with E-state index >= 15 is 4.39 Å². The standard InChI is InChI=1S/C21H28FO8P/c1-18-7-5-13(23)9-12(18)3-4-15-14-6-8-20(26,17(25)11-30-31(27,28)29)19(14,2)10-16(24)21(15,18)22/h5,7,9,14-16,24,26H,3-4,6,8,10-11H2,1-2H3,(H2,27,28,29)/t14-,15+,16-,18-,19-,20-,21-/m0/s1. The average Bonchev–Trinajstić information content (AvgIpc) is 2.93. The number of aliphatic hydroxyl groups is 2. The third-order valence-corrected chi connectivity index (χ3v) is 9.08. The van der Waals surface area contributed by atoms with E-state index in [0.29, 0.717) is 24.8 Å². The van der Waals surface area contributed by atoms with Crippen LogP contribution in [-0.2, 0) is 18.7 Å². The molecule has 172 valence electrons. The largest absolute Gasteiger partial charge is 0.470 e. The van der Waals surface area contributed by atoms with Gasteiger partial charge >= 0.3 is 7.82 Å². The lowest BCUT2D eigenvalue weighted by molar-refractivity contribution is -0.217. The van der Waals surface area contributed by atoms with E-state index in [4.69, 9.17) is 9.79 Å². The zero-order valence-electron chi connectivity index (χ0n) is 17.5. The summed E-state index contributed by atoms with van der Waals surface area (Å²) in [7, 11) is -4.91. The molecule has 4 aliphatic carbocycles. The maximum absolute atomic E-state index is 16.9. The molecule has 0 aromatic rings. The first-order valence-electron chi connectivity index (χ1n) is 10.5. The molecule has 0 unspecified atom stereocenters. The summed E-state index contributed by atoms with van der Waals surface area (Å²) in [6.07, 6.45) is 3.73. The Labute approximate surface area is 179 Å². The van der Waals surface area contributed by atoms with Crippen molar-refractivity contribution < 1.29 is 43.1 Å².